The standard InChI is InChI=1S/C14H20N6S/c1-2-15-9-12-10-18-13(11-17-12)19-4-6-20(7-5-19)14-16-3-8-21-14/h3,8,10-11,15H,2,4-7,9H2,1H3. The molecule has 1 aliphatic heterocycles. The van der Waals surface area contributed by atoms with E-state index in [0.717, 1.165) is 55.9 Å². The molecule has 21 heavy (non-hydrogen) atoms. The molecule has 1 aliphatic rings. The summed E-state index contributed by atoms with van der Waals surface area (Å²) in [5, 5.41) is 6.39. The molecular formula is C14H20N6S. The summed E-state index contributed by atoms with van der Waals surface area (Å²) in [6, 6.07) is 0. The summed E-state index contributed by atoms with van der Waals surface area (Å²) in [5.41, 5.74) is 0.988. The minimum Gasteiger partial charge on any atom is -0.352 e. The molecule has 6 nitrogen and oxygen atoms in total. The highest BCUT2D eigenvalue weighted by atomic mass is 32.1. The van der Waals surface area contributed by atoms with Crippen LogP contribution in [0, 0.1) is 0 Å². The summed E-state index contributed by atoms with van der Waals surface area (Å²) in [5.74, 6) is 0.967. The molecule has 1 fully saturated rings. The molecule has 3 rings (SSSR count). The van der Waals surface area contributed by atoms with Gasteiger partial charge in [-0.2, -0.15) is 0 Å². The molecular weight excluding hydrogens is 284 g/mol. The number of hydrogen-bond donors (Lipinski definition) is 1. The van der Waals surface area contributed by atoms with Gasteiger partial charge in [0.2, 0.25) is 0 Å². The van der Waals surface area contributed by atoms with Crippen LogP contribution >= 0.6 is 11.3 Å². The summed E-state index contributed by atoms with van der Waals surface area (Å²) in [7, 11) is 0. The lowest BCUT2D eigenvalue weighted by Crippen LogP contribution is -2.46. The van der Waals surface area contributed by atoms with E-state index in [1.165, 1.54) is 0 Å². The Bertz CT molecular complexity index is 533. The molecule has 1 saturated heterocycles. The van der Waals surface area contributed by atoms with E-state index in [0.29, 0.717) is 0 Å². The van der Waals surface area contributed by atoms with E-state index >= 15 is 0 Å². The SMILES string of the molecule is CCNCc1cnc(N2CCN(c3nccs3)CC2)cn1. The smallest absolute Gasteiger partial charge is 0.185 e. The number of nitrogens with one attached hydrogen (secondary N) is 1. The summed E-state index contributed by atoms with van der Waals surface area (Å²) in [4.78, 5) is 18.0. The summed E-state index contributed by atoms with van der Waals surface area (Å²) in [6.07, 6.45) is 5.61. The van der Waals surface area contributed by atoms with Crippen LogP contribution in [-0.2, 0) is 6.54 Å². The summed E-state index contributed by atoms with van der Waals surface area (Å²) in [6.45, 7) is 7.69. The van der Waals surface area contributed by atoms with E-state index < -0.39 is 0 Å². The van der Waals surface area contributed by atoms with Gasteiger partial charge in [-0.3, -0.25) is 4.98 Å². The van der Waals surface area contributed by atoms with Crippen molar-refractivity contribution in [3.8, 4) is 0 Å². The maximum Gasteiger partial charge on any atom is 0.185 e. The van der Waals surface area contributed by atoms with E-state index in [1.807, 2.05) is 24.0 Å². The lowest BCUT2D eigenvalue weighted by atomic mass is 10.3. The molecule has 2 aromatic heterocycles. The highest BCUT2D eigenvalue weighted by Gasteiger charge is 2.19. The number of anilines is 2. The van der Waals surface area contributed by atoms with Crippen molar-refractivity contribution in [2.24, 2.45) is 0 Å². The fourth-order valence-corrected chi connectivity index (χ4v) is 3.05. The van der Waals surface area contributed by atoms with Crippen LogP contribution in [0.25, 0.3) is 0 Å². The summed E-state index contributed by atoms with van der Waals surface area (Å²) >= 11 is 1.70. The Morgan fingerprint density at radius 2 is 1.90 bits per heavy atom. The Balaban J connectivity index is 1.56. The second-order valence-electron chi connectivity index (χ2n) is 4.94. The van der Waals surface area contributed by atoms with Crippen molar-refractivity contribution in [3.05, 3.63) is 29.7 Å². The van der Waals surface area contributed by atoms with Gasteiger partial charge in [0.1, 0.15) is 5.82 Å². The van der Waals surface area contributed by atoms with Crippen LogP contribution in [-0.4, -0.2) is 47.7 Å². The number of nitrogens with zero attached hydrogens (tertiary/aromatic N) is 5. The van der Waals surface area contributed by atoms with Gasteiger partial charge in [0.15, 0.2) is 5.13 Å². The predicted molar refractivity (Wildman–Crippen MR) is 86.0 cm³/mol. The first-order chi connectivity index (χ1) is 10.4. The van der Waals surface area contributed by atoms with Gasteiger partial charge >= 0.3 is 0 Å². The van der Waals surface area contributed by atoms with Gasteiger partial charge in [0.25, 0.3) is 0 Å². The maximum absolute atomic E-state index is 4.53. The van der Waals surface area contributed by atoms with Crippen molar-refractivity contribution in [1.29, 1.82) is 0 Å². The summed E-state index contributed by atoms with van der Waals surface area (Å²) < 4.78 is 0. The largest absolute Gasteiger partial charge is 0.352 e. The van der Waals surface area contributed by atoms with Gasteiger partial charge in [-0.15, -0.1) is 11.3 Å². The van der Waals surface area contributed by atoms with Crippen LogP contribution < -0.4 is 15.1 Å². The zero-order valence-corrected chi connectivity index (χ0v) is 13.0. The van der Waals surface area contributed by atoms with Crippen molar-refractivity contribution in [2.45, 2.75) is 13.5 Å². The van der Waals surface area contributed by atoms with Crippen molar-refractivity contribution >= 4 is 22.3 Å². The van der Waals surface area contributed by atoms with Gasteiger partial charge in [-0.05, 0) is 6.54 Å². The van der Waals surface area contributed by atoms with Crippen LogP contribution in [0.4, 0.5) is 10.9 Å². The van der Waals surface area contributed by atoms with Gasteiger partial charge in [0, 0.05) is 44.3 Å². The first-order valence-electron chi connectivity index (χ1n) is 7.28. The van der Waals surface area contributed by atoms with Gasteiger partial charge in [-0.1, -0.05) is 6.92 Å². The average Bonchev–Trinajstić information content (AvgIpc) is 3.08. The van der Waals surface area contributed by atoms with Crippen LogP contribution in [0.5, 0.6) is 0 Å². The molecule has 0 unspecified atom stereocenters. The molecule has 0 atom stereocenters. The highest BCUT2D eigenvalue weighted by Crippen LogP contribution is 2.20. The normalized spacial score (nSPS) is 15.5. The van der Waals surface area contributed by atoms with Crippen molar-refractivity contribution in [2.75, 3.05) is 42.5 Å². The lowest BCUT2D eigenvalue weighted by Gasteiger charge is -2.35. The predicted octanol–water partition coefficient (Wildman–Crippen LogP) is 1.37. The molecule has 1 N–H and O–H groups in total. The van der Waals surface area contributed by atoms with Crippen molar-refractivity contribution in [1.82, 2.24) is 20.3 Å². The Kier molecular flexibility index (Phi) is 4.62. The minimum atomic E-state index is 0.779. The third-order valence-electron chi connectivity index (χ3n) is 3.54. The molecule has 0 saturated carbocycles. The average molecular weight is 304 g/mol. The van der Waals surface area contributed by atoms with E-state index in [2.05, 4.69) is 37.0 Å². The number of thiazole rings is 1. The number of rotatable bonds is 5. The van der Waals surface area contributed by atoms with Crippen molar-refractivity contribution < 1.29 is 0 Å². The molecule has 0 radical (unpaired) electrons. The maximum atomic E-state index is 4.53. The fraction of sp³-hybridized carbons (Fsp3) is 0.500. The minimum absolute atomic E-state index is 0.779. The van der Waals surface area contributed by atoms with E-state index in [9.17, 15) is 0 Å². The molecule has 2 aromatic rings. The first kappa shape index (κ1) is 14.2. The van der Waals surface area contributed by atoms with E-state index in [1.54, 1.807) is 11.3 Å². The first-order valence-corrected chi connectivity index (χ1v) is 8.16. The number of hydrogen-bond acceptors (Lipinski definition) is 7. The number of aromatic nitrogens is 3. The quantitative estimate of drug-likeness (QED) is 0.900. The van der Waals surface area contributed by atoms with Gasteiger partial charge < -0.3 is 15.1 Å². The molecule has 0 amide bonds. The molecule has 7 heteroatoms. The highest BCUT2D eigenvalue weighted by molar-refractivity contribution is 7.13. The third-order valence-corrected chi connectivity index (χ3v) is 4.37. The van der Waals surface area contributed by atoms with Crippen LogP contribution in [0.15, 0.2) is 24.0 Å². The Morgan fingerprint density at radius 1 is 1.10 bits per heavy atom. The zero-order chi connectivity index (χ0) is 14.5. The second kappa shape index (κ2) is 6.82. The molecule has 0 aliphatic carbocycles. The fourth-order valence-electron chi connectivity index (χ4n) is 2.35. The van der Waals surface area contributed by atoms with E-state index in [4.69, 9.17) is 0 Å². The molecule has 3 heterocycles. The zero-order valence-electron chi connectivity index (χ0n) is 12.2. The van der Waals surface area contributed by atoms with Crippen LogP contribution in [0.1, 0.15) is 12.6 Å². The van der Waals surface area contributed by atoms with Crippen LogP contribution in [0.2, 0.25) is 0 Å². The van der Waals surface area contributed by atoms with Gasteiger partial charge in [0.05, 0.1) is 18.1 Å². The topological polar surface area (TPSA) is 57.2 Å². The molecule has 0 aromatic carbocycles. The molecule has 112 valence electrons. The lowest BCUT2D eigenvalue weighted by molar-refractivity contribution is 0.642. The Labute approximate surface area is 128 Å². The van der Waals surface area contributed by atoms with Crippen LogP contribution in [0.3, 0.4) is 0 Å². The van der Waals surface area contributed by atoms with Crippen molar-refractivity contribution in [3.63, 3.8) is 0 Å². The second-order valence-corrected chi connectivity index (χ2v) is 5.81. The number of piperazine rings is 1. The molecule has 0 spiro atoms. The third kappa shape index (κ3) is 3.48. The molecule has 0 bridgehead atoms. The van der Waals surface area contributed by atoms with Gasteiger partial charge in [-0.25, -0.2) is 9.97 Å². The van der Waals surface area contributed by atoms with E-state index in [-0.39, 0.29) is 0 Å². The monoisotopic (exact) mass is 304 g/mol. The Hall–Kier alpha value is -1.73. The Morgan fingerprint density at radius 3 is 2.52 bits per heavy atom.